The van der Waals surface area contributed by atoms with Crippen molar-refractivity contribution < 1.29 is 9.53 Å². The van der Waals surface area contributed by atoms with E-state index < -0.39 is 0 Å². The lowest BCUT2D eigenvalue weighted by atomic mass is 9.90. The van der Waals surface area contributed by atoms with Crippen LogP contribution in [0.5, 0.6) is 0 Å². The van der Waals surface area contributed by atoms with E-state index in [9.17, 15) is 4.79 Å². The fourth-order valence-electron chi connectivity index (χ4n) is 3.39. The van der Waals surface area contributed by atoms with Gasteiger partial charge in [0, 0.05) is 24.9 Å². The van der Waals surface area contributed by atoms with Gasteiger partial charge in [0.25, 0.3) is 0 Å². The van der Waals surface area contributed by atoms with Crippen LogP contribution in [0.1, 0.15) is 31.2 Å². The van der Waals surface area contributed by atoms with Crippen LogP contribution in [0.25, 0.3) is 0 Å². The van der Waals surface area contributed by atoms with E-state index in [1.165, 1.54) is 11.3 Å². The second-order valence-electron chi connectivity index (χ2n) is 6.51. The van der Waals surface area contributed by atoms with Gasteiger partial charge in [-0.05, 0) is 43.4 Å². The summed E-state index contributed by atoms with van der Waals surface area (Å²) in [6.07, 6.45) is 4.96. The van der Waals surface area contributed by atoms with Gasteiger partial charge in [-0.15, -0.1) is 0 Å². The van der Waals surface area contributed by atoms with Crippen LogP contribution in [0.3, 0.4) is 0 Å². The minimum absolute atomic E-state index is 0.0220. The van der Waals surface area contributed by atoms with Crippen molar-refractivity contribution in [3.05, 3.63) is 35.9 Å². The Balaban J connectivity index is 1.34. The second-order valence-corrected chi connectivity index (χ2v) is 7.62. The summed E-state index contributed by atoms with van der Waals surface area (Å²) in [6, 6.07) is 10.6. The number of carbonyl (C=O) groups is 1. The number of hydrogen-bond donors (Lipinski definition) is 2. The minimum atomic E-state index is -0.0363. The number of rotatable bonds is 5. The molecular weight excluding hydrogens is 308 g/mol. The van der Waals surface area contributed by atoms with Crippen LogP contribution in [0, 0.1) is 0 Å². The standard InChI is InChI=1S/C18H26N2O2S/c21-17(19-10-4-7-15-5-2-1-3-6-15)20-16-8-11-22-18(13-16)9-12-23-14-18/h1-3,5-6,16H,4,7-14H2,(H2,19,20,21)/t16-,18-/m1/s1. The molecule has 0 saturated carbocycles. The molecule has 0 aromatic heterocycles. The molecule has 126 valence electrons. The Morgan fingerprint density at radius 2 is 2.22 bits per heavy atom. The first kappa shape index (κ1) is 16.7. The predicted octanol–water partition coefficient (Wildman–Crippen LogP) is 2.97. The number of urea groups is 1. The van der Waals surface area contributed by atoms with Gasteiger partial charge >= 0.3 is 6.03 Å². The molecule has 0 aliphatic carbocycles. The molecule has 1 aromatic carbocycles. The highest BCUT2D eigenvalue weighted by molar-refractivity contribution is 7.99. The molecule has 0 unspecified atom stereocenters. The normalized spacial score (nSPS) is 27.0. The van der Waals surface area contributed by atoms with E-state index in [1.54, 1.807) is 0 Å². The van der Waals surface area contributed by atoms with Gasteiger partial charge in [0.05, 0.1) is 5.60 Å². The molecule has 0 radical (unpaired) electrons. The van der Waals surface area contributed by atoms with Crippen molar-refractivity contribution in [1.82, 2.24) is 10.6 Å². The average molecular weight is 334 g/mol. The number of ether oxygens (including phenoxy) is 1. The van der Waals surface area contributed by atoms with Gasteiger partial charge in [-0.25, -0.2) is 4.79 Å². The van der Waals surface area contributed by atoms with Gasteiger partial charge in [0.2, 0.25) is 0 Å². The second kappa shape index (κ2) is 8.06. The topological polar surface area (TPSA) is 50.4 Å². The Morgan fingerprint density at radius 3 is 3.00 bits per heavy atom. The Labute approximate surface area is 142 Å². The highest BCUT2D eigenvalue weighted by Gasteiger charge is 2.40. The van der Waals surface area contributed by atoms with E-state index in [-0.39, 0.29) is 17.7 Å². The third-order valence-electron chi connectivity index (χ3n) is 4.67. The molecule has 0 bridgehead atoms. The van der Waals surface area contributed by atoms with E-state index in [0.29, 0.717) is 6.54 Å². The zero-order chi connectivity index (χ0) is 16.0. The minimum Gasteiger partial charge on any atom is -0.374 e. The Hall–Kier alpha value is -1.20. The van der Waals surface area contributed by atoms with Gasteiger partial charge in [-0.3, -0.25) is 0 Å². The lowest BCUT2D eigenvalue weighted by molar-refractivity contribution is -0.0684. The zero-order valence-electron chi connectivity index (χ0n) is 13.6. The molecule has 2 N–H and O–H groups in total. The predicted molar refractivity (Wildman–Crippen MR) is 94.9 cm³/mol. The third-order valence-corrected chi connectivity index (χ3v) is 5.89. The SMILES string of the molecule is O=C(NCCCc1ccccc1)N[C@@H]1CCO[C@]2(CCSC2)C1. The maximum absolute atomic E-state index is 12.1. The highest BCUT2D eigenvalue weighted by Crippen LogP contribution is 2.38. The molecule has 2 saturated heterocycles. The molecule has 2 amide bonds. The lowest BCUT2D eigenvalue weighted by Gasteiger charge is -2.37. The maximum atomic E-state index is 12.1. The summed E-state index contributed by atoms with van der Waals surface area (Å²) < 4.78 is 5.99. The molecule has 3 rings (SSSR count). The number of carbonyl (C=O) groups excluding carboxylic acids is 1. The van der Waals surface area contributed by atoms with E-state index in [2.05, 4.69) is 34.9 Å². The van der Waals surface area contributed by atoms with Crippen molar-refractivity contribution in [3.63, 3.8) is 0 Å². The van der Waals surface area contributed by atoms with E-state index in [4.69, 9.17) is 4.74 Å². The number of benzene rings is 1. The van der Waals surface area contributed by atoms with Gasteiger partial charge in [0.15, 0.2) is 0 Å². The average Bonchev–Trinajstić information content (AvgIpc) is 3.00. The lowest BCUT2D eigenvalue weighted by Crippen LogP contribution is -2.51. The molecular formula is C18H26N2O2S. The van der Waals surface area contributed by atoms with Crippen molar-refractivity contribution in [1.29, 1.82) is 0 Å². The van der Waals surface area contributed by atoms with E-state index >= 15 is 0 Å². The third kappa shape index (κ3) is 4.88. The fourth-order valence-corrected chi connectivity index (χ4v) is 4.77. The molecule has 2 atom stereocenters. The van der Waals surface area contributed by atoms with E-state index in [0.717, 1.165) is 44.5 Å². The smallest absolute Gasteiger partial charge is 0.315 e. The monoisotopic (exact) mass is 334 g/mol. The molecule has 1 spiro atoms. The molecule has 5 heteroatoms. The van der Waals surface area contributed by atoms with Crippen molar-refractivity contribution in [2.45, 2.75) is 43.7 Å². The number of amides is 2. The number of hydrogen-bond acceptors (Lipinski definition) is 3. The van der Waals surface area contributed by atoms with E-state index in [1.807, 2.05) is 17.8 Å². The molecule has 2 heterocycles. The van der Waals surface area contributed by atoms with Crippen LogP contribution in [0.2, 0.25) is 0 Å². The van der Waals surface area contributed by atoms with Crippen LogP contribution < -0.4 is 10.6 Å². The van der Waals surface area contributed by atoms with Gasteiger partial charge in [-0.1, -0.05) is 30.3 Å². The molecule has 1 aromatic rings. The molecule has 23 heavy (non-hydrogen) atoms. The largest absolute Gasteiger partial charge is 0.374 e. The molecule has 2 fully saturated rings. The summed E-state index contributed by atoms with van der Waals surface area (Å²) >= 11 is 1.96. The summed E-state index contributed by atoms with van der Waals surface area (Å²) in [4.78, 5) is 12.1. The number of nitrogens with one attached hydrogen (secondary N) is 2. The van der Waals surface area contributed by atoms with Crippen LogP contribution in [0.15, 0.2) is 30.3 Å². The van der Waals surface area contributed by atoms with Crippen molar-refractivity contribution >= 4 is 17.8 Å². The van der Waals surface area contributed by atoms with Crippen LogP contribution in [0.4, 0.5) is 4.79 Å². The number of thioether (sulfide) groups is 1. The fraction of sp³-hybridized carbons (Fsp3) is 0.611. The summed E-state index contributed by atoms with van der Waals surface area (Å²) in [7, 11) is 0. The van der Waals surface area contributed by atoms with Crippen molar-refractivity contribution in [2.75, 3.05) is 24.7 Å². The van der Waals surface area contributed by atoms with Crippen LogP contribution in [-0.2, 0) is 11.2 Å². The summed E-state index contributed by atoms with van der Waals surface area (Å²) in [5, 5.41) is 6.11. The number of aryl methyl sites for hydroxylation is 1. The van der Waals surface area contributed by atoms with Crippen molar-refractivity contribution in [2.24, 2.45) is 0 Å². The quantitative estimate of drug-likeness (QED) is 0.814. The molecule has 4 nitrogen and oxygen atoms in total. The maximum Gasteiger partial charge on any atom is 0.315 e. The highest BCUT2D eigenvalue weighted by atomic mass is 32.2. The van der Waals surface area contributed by atoms with Gasteiger partial charge in [-0.2, -0.15) is 11.8 Å². The summed E-state index contributed by atoms with van der Waals surface area (Å²) in [5.74, 6) is 2.25. The zero-order valence-corrected chi connectivity index (χ0v) is 14.4. The first-order valence-corrected chi connectivity index (χ1v) is 9.71. The Kier molecular flexibility index (Phi) is 5.84. The Bertz CT molecular complexity index is 503. The first-order chi connectivity index (χ1) is 11.3. The van der Waals surface area contributed by atoms with Crippen molar-refractivity contribution in [3.8, 4) is 0 Å². The van der Waals surface area contributed by atoms with Gasteiger partial charge in [0.1, 0.15) is 0 Å². The first-order valence-electron chi connectivity index (χ1n) is 8.56. The summed E-state index contributed by atoms with van der Waals surface area (Å²) in [5.41, 5.74) is 1.34. The van der Waals surface area contributed by atoms with Crippen LogP contribution >= 0.6 is 11.8 Å². The van der Waals surface area contributed by atoms with Gasteiger partial charge < -0.3 is 15.4 Å². The van der Waals surface area contributed by atoms with Crippen LogP contribution in [-0.4, -0.2) is 42.3 Å². The molecule has 2 aliphatic heterocycles. The Morgan fingerprint density at radius 1 is 1.35 bits per heavy atom. The molecule has 2 aliphatic rings. The summed E-state index contributed by atoms with van der Waals surface area (Å²) in [6.45, 7) is 1.48.